The molecule has 0 aliphatic carbocycles. The van der Waals surface area contributed by atoms with Crippen LogP contribution in [0.25, 0.3) is 0 Å². The van der Waals surface area contributed by atoms with Crippen LogP contribution in [-0.2, 0) is 6.42 Å². The van der Waals surface area contributed by atoms with E-state index in [-0.39, 0.29) is 17.6 Å². The molecule has 0 spiro atoms. The minimum atomic E-state index is -0.276. The van der Waals surface area contributed by atoms with Gasteiger partial charge >= 0.3 is 0 Å². The first-order chi connectivity index (χ1) is 9.11. The number of hydrogen-bond donors (Lipinski definition) is 0. The van der Waals surface area contributed by atoms with E-state index in [0.717, 1.165) is 11.1 Å². The molecule has 100 valence electrons. The summed E-state index contributed by atoms with van der Waals surface area (Å²) in [5, 5.41) is 0. The van der Waals surface area contributed by atoms with Gasteiger partial charge in [-0.25, -0.2) is 8.78 Å². The van der Waals surface area contributed by atoms with Crippen LogP contribution in [0.15, 0.2) is 42.5 Å². The zero-order chi connectivity index (χ0) is 13.8. The fraction of sp³-hybridized carbons (Fsp3) is 0.250. The lowest BCUT2D eigenvalue weighted by atomic mass is 9.91. The largest absolute Gasteiger partial charge is 0.207 e. The Labute approximate surface area is 117 Å². The van der Waals surface area contributed by atoms with Gasteiger partial charge in [0.15, 0.2) is 0 Å². The standard InChI is InChI=1S/C16H15ClF2/c1-11-6-7-14(18)9-12(11)8-13(10-17)15-4-2-3-5-16(15)19/h2-7,9,13H,8,10H2,1H3. The van der Waals surface area contributed by atoms with Crippen LogP contribution in [0.2, 0.25) is 0 Å². The van der Waals surface area contributed by atoms with Gasteiger partial charge in [-0.05, 0) is 48.2 Å². The molecule has 0 N–H and O–H groups in total. The summed E-state index contributed by atoms with van der Waals surface area (Å²) < 4.78 is 27.1. The topological polar surface area (TPSA) is 0 Å². The number of alkyl halides is 1. The van der Waals surface area contributed by atoms with Gasteiger partial charge < -0.3 is 0 Å². The first kappa shape index (κ1) is 14.0. The molecule has 0 aliphatic heterocycles. The van der Waals surface area contributed by atoms with Crippen molar-refractivity contribution in [1.29, 1.82) is 0 Å². The molecule has 0 heterocycles. The van der Waals surface area contributed by atoms with Gasteiger partial charge in [0.1, 0.15) is 11.6 Å². The lowest BCUT2D eigenvalue weighted by molar-refractivity contribution is 0.586. The Morgan fingerprint density at radius 3 is 2.53 bits per heavy atom. The molecule has 19 heavy (non-hydrogen) atoms. The summed E-state index contributed by atoms with van der Waals surface area (Å²) in [5.41, 5.74) is 2.45. The van der Waals surface area contributed by atoms with Crippen molar-refractivity contribution >= 4 is 11.6 Å². The van der Waals surface area contributed by atoms with E-state index in [1.807, 2.05) is 6.92 Å². The third kappa shape index (κ3) is 3.32. The van der Waals surface area contributed by atoms with Crippen LogP contribution in [0, 0.1) is 18.6 Å². The van der Waals surface area contributed by atoms with E-state index in [4.69, 9.17) is 11.6 Å². The highest BCUT2D eigenvalue weighted by Gasteiger charge is 2.16. The van der Waals surface area contributed by atoms with E-state index in [0.29, 0.717) is 17.9 Å². The van der Waals surface area contributed by atoms with Crippen molar-refractivity contribution in [2.24, 2.45) is 0 Å². The molecule has 0 fully saturated rings. The summed E-state index contributed by atoms with van der Waals surface area (Å²) in [6, 6.07) is 11.3. The van der Waals surface area contributed by atoms with Gasteiger partial charge in [0.05, 0.1) is 0 Å². The predicted octanol–water partition coefficient (Wildman–Crippen LogP) is 4.84. The Morgan fingerprint density at radius 1 is 1.11 bits per heavy atom. The molecule has 0 bridgehead atoms. The average molecular weight is 281 g/mol. The number of hydrogen-bond acceptors (Lipinski definition) is 0. The average Bonchev–Trinajstić information content (AvgIpc) is 2.41. The highest BCUT2D eigenvalue weighted by molar-refractivity contribution is 6.18. The second-order valence-electron chi connectivity index (χ2n) is 4.65. The van der Waals surface area contributed by atoms with E-state index in [1.165, 1.54) is 18.2 Å². The van der Waals surface area contributed by atoms with Gasteiger partial charge in [-0.15, -0.1) is 11.6 Å². The Hall–Kier alpha value is -1.41. The van der Waals surface area contributed by atoms with Crippen molar-refractivity contribution in [3.8, 4) is 0 Å². The molecule has 2 aromatic rings. The molecular formula is C16H15ClF2. The smallest absolute Gasteiger partial charge is 0.126 e. The molecule has 0 amide bonds. The molecule has 0 radical (unpaired) electrons. The molecule has 2 rings (SSSR count). The van der Waals surface area contributed by atoms with Crippen molar-refractivity contribution in [2.45, 2.75) is 19.3 Å². The monoisotopic (exact) mass is 280 g/mol. The summed E-state index contributed by atoms with van der Waals surface area (Å²) in [5.74, 6) is -0.385. The van der Waals surface area contributed by atoms with Crippen molar-refractivity contribution in [2.75, 3.05) is 5.88 Å². The summed E-state index contributed by atoms with van der Waals surface area (Å²) >= 11 is 5.96. The maximum Gasteiger partial charge on any atom is 0.126 e. The second kappa shape index (κ2) is 6.16. The highest BCUT2D eigenvalue weighted by Crippen LogP contribution is 2.26. The second-order valence-corrected chi connectivity index (χ2v) is 4.96. The van der Waals surface area contributed by atoms with Crippen molar-refractivity contribution in [3.05, 3.63) is 70.8 Å². The van der Waals surface area contributed by atoms with Gasteiger partial charge in [0.25, 0.3) is 0 Å². The normalized spacial score (nSPS) is 12.4. The summed E-state index contributed by atoms with van der Waals surface area (Å²) in [7, 11) is 0. The summed E-state index contributed by atoms with van der Waals surface area (Å²) in [6.45, 7) is 1.92. The van der Waals surface area contributed by atoms with Gasteiger partial charge in [0, 0.05) is 11.8 Å². The maximum atomic E-state index is 13.8. The van der Waals surface area contributed by atoms with E-state index in [1.54, 1.807) is 24.3 Å². The predicted molar refractivity (Wildman–Crippen MR) is 74.7 cm³/mol. The van der Waals surface area contributed by atoms with E-state index in [2.05, 4.69) is 0 Å². The van der Waals surface area contributed by atoms with Crippen LogP contribution in [0.5, 0.6) is 0 Å². The zero-order valence-electron chi connectivity index (χ0n) is 10.7. The van der Waals surface area contributed by atoms with Crippen molar-refractivity contribution in [3.63, 3.8) is 0 Å². The first-order valence-corrected chi connectivity index (χ1v) is 6.70. The molecule has 0 saturated heterocycles. The van der Waals surface area contributed by atoms with Crippen molar-refractivity contribution in [1.82, 2.24) is 0 Å². The minimum Gasteiger partial charge on any atom is -0.207 e. The molecule has 0 nitrogen and oxygen atoms in total. The maximum absolute atomic E-state index is 13.8. The van der Waals surface area contributed by atoms with Crippen LogP contribution in [0.4, 0.5) is 8.78 Å². The van der Waals surface area contributed by atoms with E-state index in [9.17, 15) is 8.78 Å². The molecule has 0 saturated carbocycles. The lowest BCUT2D eigenvalue weighted by Crippen LogP contribution is -2.08. The molecule has 3 heteroatoms. The van der Waals surface area contributed by atoms with Crippen LogP contribution in [0.1, 0.15) is 22.6 Å². The number of benzene rings is 2. The number of rotatable bonds is 4. The van der Waals surface area contributed by atoms with Gasteiger partial charge in [0.2, 0.25) is 0 Å². The molecule has 1 atom stereocenters. The Kier molecular flexibility index (Phi) is 4.54. The zero-order valence-corrected chi connectivity index (χ0v) is 11.4. The quantitative estimate of drug-likeness (QED) is 0.703. The first-order valence-electron chi connectivity index (χ1n) is 6.17. The fourth-order valence-corrected chi connectivity index (χ4v) is 2.45. The fourth-order valence-electron chi connectivity index (χ4n) is 2.18. The van der Waals surface area contributed by atoms with E-state index < -0.39 is 0 Å². The van der Waals surface area contributed by atoms with Crippen LogP contribution in [0.3, 0.4) is 0 Å². The molecule has 0 aromatic heterocycles. The van der Waals surface area contributed by atoms with Gasteiger partial charge in [-0.2, -0.15) is 0 Å². The molecule has 1 unspecified atom stereocenters. The van der Waals surface area contributed by atoms with Crippen LogP contribution < -0.4 is 0 Å². The molecular weight excluding hydrogens is 266 g/mol. The minimum absolute atomic E-state index is 0.150. The Bertz CT molecular complexity index is 566. The van der Waals surface area contributed by atoms with E-state index >= 15 is 0 Å². The molecule has 2 aromatic carbocycles. The van der Waals surface area contributed by atoms with Gasteiger partial charge in [-0.3, -0.25) is 0 Å². The summed E-state index contributed by atoms with van der Waals surface area (Å²) in [4.78, 5) is 0. The van der Waals surface area contributed by atoms with Crippen LogP contribution in [-0.4, -0.2) is 5.88 Å². The van der Waals surface area contributed by atoms with Gasteiger partial charge in [-0.1, -0.05) is 24.3 Å². The summed E-state index contributed by atoms with van der Waals surface area (Å²) in [6.07, 6.45) is 0.536. The lowest BCUT2D eigenvalue weighted by Gasteiger charge is -2.16. The molecule has 0 aliphatic rings. The Morgan fingerprint density at radius 2 is 1.84 bits per heavy atom. The highest BCUT2D eigenvalue weighted by atomic mass is 35.5. The Balaban J connectivity index is 2.29. The SMILES string of the molecule is Cc1ccc(F)cc1CC(CCl)c1ccccc1F. The third-order valence-electron chi connectivity index (χ3n) is 3.31. The third-order valence-corrected chi connectivity index (χ3v) is 3.68. The van der Waals surface area contributed by atoms with Crippen molar-refractivity contribution < 1.29 is 8.78 Å². The number of aryl methyl sites for hydroxylation is 1. The van der Waals surface area contributed by atoms with Crippen LogP contribution >= 0.6 is 11.6 Å². The number of halogens is 3.